The average molecular weight is 446 g/mol. The molecule has 23 heavy (non-hydrogen) atoms. The lowest BCUT2D eigenvalue weighted by Crippen LogP contribution is -2.47. The normalized spacial score (nSPS) is 15.1. The van der Waals surface area contributed by atoms with Crippen LogP contribution in [0.2, 0.25) is 0 Å². The molecule has 1 aliphatic heterocycles. The number of hydrogen-bond acceptors (Lipinski definition) is 4. The van der Waals surface area contributed by atoms with Gasteiger partial charge in [-0.2, -0.15) is 0 Å². The third-order valence-electron chi connectivity index (χ3n) is 3.71. The van der Waals surface area contributed by atoms with Crippen molar-refractivity contribution in [3.05, 3.63) is 33.4 Å². The van der Waals surface area contributed by atoms with E-state index >= 15 is 0 Å². The number of nitrogens with zero attached hydrogens (tertiary/aromatic N) is 1. The molecule has 0 aliphatic carbocycles. The van der Waals surface area contributed by atoms with E-state index in [9.17, 15) is 9.59 Å². The highest BCUT2D eigenvalue weighted by atomic mass is 127. The van der Waals surface area contributed by atoms with Crippen molar-refractivity contribution in [1.82, 2.24) is 10.2 Å². The Labute approximate surface area is 154 Å². The Morgan fingerprint density at radius 2 is 2.09 bits per heavy atom. The van der Waals surface area contributed by atoms with Gasteiger partial charge in [-0.15, -0.1) is 0 Å². The summed E-state index contributed by atoms with van der Waals surface area (Å²) in [5, 5.41) is 3.17. The Kier molecular flexibility index (Phi) is 6.76. The maximum Gasteiger partial charge on any atom is 0.309 e. The van der Waals surface area contributed by atoms with E-state index in [1.165, 1.54) is 0 Å². The van der Waals surface area contributed by atoms with Crippen LogP contribution in [0.15, 0.2) is 24.3 Å². The predicted molar refractivity (Wildman–Crippen MR) is 100 cm³/mol. The van der Waals surface area contributed by atoms with E-state index in [4.69, 9.17) is 17.0 Å². The molecule has 1 saturated heterocycles. The summed E-state index contributed by atoms with van der Waals surface area (Å²) in [5.41, 5.74) is 0.584. The zero-order valence-electron chi connectivity index (χ0n) is 12.9. The highest BCUT2D eigenvalue weighted by molar-refractivity contribution is 14.1. The third-order valence-corrected chi connectivity index (χ3v) is 4.74. The van der Waals surface area contributed by atoms with Crippen LogP contribution in [0, 0.1) is 9.49 Å². The Morgan fingerprint density at radius 3 is 2.70 bits per heavy atom. The fourth-order valence-corrected chi connectivity index (χ4v) is 3.27. The zero-order chi connectivity index (χ0) is 16.8. The maximum atomic E-state index is 12.2. The van der Waals surface area contributed by atoms with Crippen LogP contribution >= 0.6 is 34.8 Å². The lowest BCUT2D eigenvalue weighted by Gasteiger charge is -2.32. The first kappa shape index (κ1) is 18.1. The second kappa shape index (κ2) is 8.58. The van der Waals surface area contributed by atoms with Crippen LogP contribution in [0.3, 0.4) is 0 Å². The van der Waals surface area contributed by atoms with Crippen LogP contribution in [0.1, 0.15) is 30.1 Å². The fourth-order valence-electron chi connectivity index (χ4n) is 2.46. The number of carbonyl (C=O) groups excluding carboxylic acids is 2. The average Bonchev–Trinajstić information content (AvgIpc) is 2.55. The molecule has 0 bridgehead atoms. The molecule has 1 aromatic rings. The summed E-state index contributed by atoms with van der Waals surface area (Å²) < 4.78 is 6.05. The molecule has 5 nitrogen and oxygen atoms in total. The van der Waals surface area contributed by atoms with Crippen LogP contribution in [0.4, 0.5) is 0 Å². The van der Waals surface area contributed by atoms with Crippen molar-refractivity contribution >= 4 is 51.8 Å². The van der Waals surface area contributed by atoms with Crippen molar-refractivity contribution in [3.8, 4) is 0 Å². The van der Waals surface area contributed by atoms with Crippen LogP contribution in [-0.2, 0) is 9.53 Å². The highest BCUT2D eigenvalue weighted by Crippen LogP contribution is 2.19. The molecule has 0 unspecified atom stereocenters. The maximum absolute atomic E-state index is 12.2. The van der Waals surface area contributed by atoms with E-state index < -0.39 is 0 Å². The summed E-state index contributed by atoms with van der Waals surface area (Å²) >= 11 is 7.48. The minimum absolute atomic E-state index is 0.0691. The van der Waals surface area contributed by atoms with E-state index in [0.29, 0.717) is 43.2 Å². The largest absolute Gasteiger partial charge is 0.466 e. The summed E-state index contributed by atoms with van der Waals surface area (Å²) in [4.78, 5) is 25.9. The van der Waals surface area contributed by atoms with Gasteiger partial charge in [-0.1, -0.05) is 6.07 Å². The molecule has 7 heteroatoms. The fraction of sp³-hybridized carbons (Fsp3) is 0.438. The van der Waals surface area contributed by atoms with Crippen molar-refractivity contribution in [3.63, 3.8) is 0 Å². The van der Waals surface area contributed by atoms with Gasteiger partial charge in [0.2, 0.25) is 0 Å². The topological polar surface area (TPSA) is 58.6 Å². The van der Waals surface area contributed by atoms with Crippen LogP contribution in [0.25, 0.3) is 0 Å². The Hall–Kier alpha value is -1.22. The van der Waals surface area contributed by atoms with Gasteiger partial charge in [0.05, 0.1) is 12.5 Å². The summed E-state index contributed by atoms with van der Waals surface area (Å²) in [6, 6.07) is 7.33. The van der Waals surface area contributed by atoms with Gasteiger partial charge in [0.25, 0.3) is 5.91 Å². The van der Waals surface area contributed by atoms with E-state index in [-0.39, 0.29) is 17.8 Å². The second-order valence-electron chi connectivity index (χ2n) is 5.28. The molecule has 1 amide bonds. The summed E-state index contributed by atoms with van der Waals surface area (Å²) in [6.45, 7) is 3.51. The van der Waals surface area contributed by atoms with Gasteiger partial charge in [-0.3, -0.25) is 14.9 Å². The van der Waals surface area contributed by atoms with Crippen molar-refractivity contribution in [2.75, 3.05) is 19.7 Å². The van der Waals surface area contributed by atoms with Crippen molar-refractivity contribution in [2.45, 2.75) is 19.8 Å². The van der Waals surface area contributed by atoms with Gasteiger partial charge in [0, 0.05) is 22.2 Å². The first-order chi connectivity index (χ1) is 11.0. The van der Waals surface area contributed by atoms with Gasteiger partial charge in [-0.25, -0.2) is 0 Å². The van der Waals surface area contributed by atoms with Gasteiger partial charge < -0.3 is 9.64 Å². The first-order valence-corrected chi connectivity index (χ1v) is 9.02. The smallest absolute Gasteiger partial charge is 0.309 e. The molecule has 2 rings (SSSR count). The predicted octanol–water partition coefficient (Wildman–Crippen LogP) is 2.58. The lowest BCUT2D eigenvalue weighted by molar-refractivity contribution is -0.149. The number of thiocarbonyl (C=S) groups is 1. The second-order valence-corrected chi connectivity index (χ2v) is 6.92. The van der Waals surface area contributed by atoms with E-state index in [0.717, 1.165) is 3.57 Å². The number of carbonyl (C=O) groups is 2. The Morgan fingerprint density at radius 1 is 1.39 bits per heavy atom. The van der Waals surface area contributed by atoms with Crippen molar-refractivity contribution in [2.24, 2.45) is 5.92 Å². The third kappa shape index (κ3) is 5.13. The molecule has 0 aromatic heterocycles. The molecule has 1 fully saturated rings. The number of benzene rings is 1. The van der Waals surface area contributed by atoms with Gasteiger partial charge in [0.1, 0.15) is 0 Å². The number of piperidine rings is 1. The summed E-state index contributed by atoms with van der Waals surface area (Å²) in [7, 11) is 0. The molecular weight excluding hydrogens is 427 g/mol. The molecule has 0 radical (unpaired) electrons. The molecule has 0 atom stereocenters. The molecule has 1 heterocycles. The molecule has 1 N–H and O–H groups in total. The van der Waals surface area contributed by atoms with Gasteiger partial charge >= 0.3 is 5.97 Å². The zero-order valence-corrected chi connectivity index (χ0v) is 15.9. The highest BCUT2D eigenvalue weighted by Gasteiger charge is 2.27. The van der Waals surface area contributed by atoms with Gasteiger partial charge in [-0.05, 0) is 72.8 Å². The molecule has 1 aliphatic rings. The van der Waals surface area contributed by atoms with E-state index in [1.807, 2.05) is 30.0 Å². The molecule has 0 spiro atoms. The standard InChI is InChI=1S/C16H19IN2O3S/c1-2-22-15(21)11-6-8-19(9-7-11)16(23)18-14(20)12-4-3-5-13(17)10-12/h3-5,10-11H,2,6-9H2,1H3,(H,18,20,23). The number of hydrogen-bond donors (Lipinski definition) is 1. The number of amides is 1. The van der Waals surface area contributed by atoms with Gasteiger partial charge in [0.15, 0.2) is 5.11 Å². The van der Waals surface area contributed by atoms with Crippen LogP contribution in [0.5, 0.6) is 0 Å². The van der Waals surface area contributed by atoms with Crippen LogP contribution < -0.4 is 5.32 Å². The summed E-state index contributed by atoms with van der Waals surface area (Å²) in [5.74, 6) is -0.414. The number of nitrogens with one attached hydrogen (secondary N) is 1. The quantitative estimate of drug-likeness (QED) is 0.440. The lowest BCUT2D eigenvalue weighted by atomic mass is 9.97. The number of rotatable bonds is 3. The number of esters is 1. The van der Waals surface area contributed by atoms with Crippen molar-refractivity contribution in [1.29, 1.82) is 0 Å². The van der Waals surface area contributed by atoms with E-state index in [1.54, 1.807) is 6.07 Å². The minimum Gasteiger partial charge on any atom is -0.466 e. The molecule has 124 valence electrons. The molecule has 0 saturated carbocycles. The minimum atomic E-state index is -0.207. The monoisotopic (exact) mass is 446 g/mol. The number of likely N-dealkylation sites (tertiary alicyclic amines) is 1. The Bertz CT molecular complexity index is 601. The van der Waals surface area contributed by atoms with E-state index in [2.05, 4.69) is 27.9 Å². The number of ether oxygens (including phenoxy) is 1. The SMILES string of the molecule is CCOC(=O)C1CCN(C(=S)NC(=O)c2cccc(I)c2)CC1. The number of halogens is 1. The Balaban J connectivity index is 1.85. The van der Waals surface area contributed by atoms with Crippen molar-refractivity contribution < 1.29 is 14.3 Å². The molecular formula is C16H19IN2O3S. The molecule has 1 aromatic carbocycles. The van der Waals surface area contributed by atoms with Crippen LogP contribution in [-0.4, -0.2) is 41.6 Å². The first-order valence-electron chi connectivity index (χ1n) is 7.53. The summed E-state index contributed by atoms with van der Waals surface area (Å²) in [6.07, 6.45) is 1.39.